The maximum absolute atomic E-state index is 11.9. The Hall–Kier alpha value is -2.04. The van der Waals surface area contributed by atoms with E-state index >= 15 is 0 Å². The van der Waals surface area contributed by atoms with Crippen LogP contribution in [0.3, 0.4) is 0 Å². The number of carboxylic acid groups (broad SMARTS) is 1. The van der Waals surface area contributed by atoms with Crippen LogP contribution in [0.5, 0.6) is 5.75 Å². The highest BCUT2D eigenvalue weighted by Gasteiger charge is 2.39. The Bertz CT molecular complexity index is 504. The maximum atomic E-state index is 11.9. The number of phenolic OH excluding ortho intramolecular Hbond substituents is 1. The molecule has 1 fully saturated rings. The number of aliphatic carboxylic acids is 1. The van der Waals surface area contributed by atoms with Crippen LogP contribution in [0, 0.1) is 5.41 Å². The van der Waals surface area contributed by atoms with Crippen LogP contribution >= 0.6 is 0 Å². The number of carbonyl (C=O) groups is 2. The van der Waals surface area contributed by atoms with Gasteiger partial charge in [-0.3, -0.25) is 9.59 Å². The van der Waals surface area contributed by atoms with E-state index in [1.54, 1.807) is 12.1 Å². The van der Waals surface area contributed by atoms with E-state index in [-0.39, 0.29) is 24.6 Å². The molecular formula is C16H21NO4. The second-order valence-corrected chi connectivity index (χ2v) is 5.77. The summed E-state index contributed by atoms with van der Waals surface area (Å²) < 4.78 is 0. The number of benzene rings is 1. The molecule has 0 bridgehead atoms. The van der Waals surface area contributed by atoms with Crippen LogP contribution < -0.4 is 5.32 Å². The van der Waals surface area contributed by atoms with Gasteiger partial charge in [0.05, 0.1) is 11.8 Å². The van der Waals surface area contributed by atoms with E-state index in [1.807, 2.05) is 0 Å². The lowest BCUT2D eigenvalue weighted by molar-refractivity contribution is -0.151. The summed E-state index contributed by atoms with van der Waals surface area (Å²) in [4.78, 5) is 23.4. The minimum Gasteiger partial charge on any atom is -0.508 e. The maximum Gasteiger partial charge on any atom is 0.311 e. The topological polar surface area (TPSA) is 86.6 Å². The zero-order valence-corrected chi connectivity index (χ0v) is 12.0. The fraction of sp³-hybridized carbons (Fsp3) is 0.500. The molecule has 0 saturated heterocycles. The van der Waals surface area contributed by atoms with Crippen LogP contribution in [0.2, 0.25) is 0 Å². The molecule has 1 aromatic rings. The predicted molar refractivity (Wildman–Crippen MR) is 78.0 cm³/mol. The molecule has 0 aromatic heterocycles. The average molecular weight is 291 g/mol. The Kier molecular flexibility index (Phi) is 4.83. The predicted octanol–water partition coefficient (Wildman–Crippen LogP) is 2.09. The molecule has 5 heteroatoms. The van der Waals surface area contributed by atoms with Crippen LogP contribution in [-0.4, -0.2) is 28.6 Å². The van der Waals surface area contributed by atoms with Crippen LogP contribution in [0.1, 0.15) is 37.7 Å². The van der Waals surface area contributed by atoms with Gasteiger partial charge in [-0.15, -0.1) is 0 Å². The summed E-state index contributed by atoms with van der Waals surface area (Å²) in [5.74, 6) is -0.842. The highest BCUT2D eigenvalue weighted by Crippen LogP contribution is 2.36. The Morgan fingerprint density at radius 2 is 1.71 bits per heavy atom. The summed E-state index contributed by atoms with van der Waals surface area (Å²) in [6.45, 7) is 0.194. The Morgan fingerprint density at radius 1 is 1.10 bits per heavy atom. The molecule has 0 spiro atoms. The molecule has 2 rings (SSSR count). The van der Waals surface area contributed by atoms with Gasteiger partial charge in [-0.2, -0.15) is 0 Å². The van der Waals surface area contributed by atoms with Crippen molar-refractivity contribution in [3.63, 3.8) is 0 Å². The van der Waals surface area contributed by atoms with Crippen molar-refractivity contribution in [1.29, 1.82) is 0 Å². The molecule has 0 aliphatic heterocycles. The van der Waals surface area contributed by atoms with Gasteiger partial charge in [-0.1, -0.05) is 31.4 Å². The highest BCUT2D eigenvalue weighted by atomic mass is 16.4. The lowest BCUT2D eigenvalue weighted by atomic mass is 9.74. The third-order valence-corrected chi connectivity index (χ3v) is 4.19. The average Bonchev–Trinajstić information content (AvgIpc) is 2.48. The molecule has 0 heterocycles. The summed E-state index contributed by atoms with van der Waals surface area (Å²) in [7, 11) is 0. The first-order valence-corrected chi connectivity index (χ1v) is 7.30. The minimum atomic E-state index is -0.813. The standard InChI is InChI=1S/C16H21NO4/c18-13-6-4-12(5-7-13)10-14(19)17-11-16(15(20)21)8-2-1-3-9-16/h4-7,18H,1-3,8-11H2,(H,17,19)(H,20,21). The zero-order chi connectivity index (χ0) is 15.3. The molecule has 5 nitrogen and oxygen atoms in total. The number of hydrogen-bond donors (Lipinski definition) is 3. The normalized spacial score (nSPS) is 17.1. The van der Waals surface area contributed by atoms with Gasteiger partial charge in [0.25, 0.3) is 0 Å². The second-order valence-electron chi connectivity index (χ2n) is 5.77. The van der Waals surface area contributed by atoms with Crippen LogP contribution in [0.4, 0.5) is 0 Å². The van der Waals surface area contributed by atoms with Gasteiger partial charge >= 0.3 is 5.97 Å². The van der Waals surface area contributed by atoms with Crippen LogP contribution in [0.25, 0.3) is 0 Å². The molecule has 1 saturated carbocycles. The first-order chi connectivity index (χ1) is 10.0. The third-order valence-electron chi connectivity index (χ3n) is 4.19. The molecule has 1 aliphatic rings. The number of aromatic hydroxyl groups is 1. The van der Waals surface area contributed by atoms with E-state index in [2.05, 4.69) is 5.32 Å². The molecular weight excluding hydrogens is 270 g/mol. The van der Waals surface area contributed by atoms with Crippen molar-refractivity contribution in [3.05, 3.63) is 29.8 Å². The van der Waals surface area contributed by atoms with Gasteiger partial charge in [0, 0.05) is 6.54 Å². The SMILES string of the molecule is O=C(Cc1ccc(O)cc1)NCC1(C(=O)O)CCCCC1. The summed E-state index contributed by atoms with van der Waals surface area (Å²) in [6, 6.07) is 6.43. The lowest BCUT2D eigenvalue weighted by Gasteiger charge is -2.33. The Morgan fingerprint density at radius 3 is 2.29 bits per heavy atom. The van der Waals surface area contributed by atoms with Gasteiger partial charge < -0.3 is 15.5 Å². The number of amides is 1. The van der Waals surface area contributed by atoms with Crippen molar-refractivity contribution in [2.75, 3.05) is 6.54 Å². The van der Waals surface area contributed by atoms with Crippen molar-refractivity contribution in [2.45, 2.75) is 38.5 Å². The van der Waals surface area contributed by atoms with Crippen molar-refractivity contribution < 1.29 is 19.8 Å². The summed E-state index contributed by atoms with van der Waals surface area (Å²) >= 11 is 0. The van der Waals surface area contributed by atoms with Crippen LogP contribution in [-0.2, 0) is 16.0 Å². The first-order valence-electron chi connectivity index (χ1n) is 7.30. The van der Waals surface area contributed by atoms with E-state index in [1.165, 1.54) is 12.1 Å². The van der Waals surface area contributed by atoms with Gasteiger partial charge in [0.15, 0.2) is 0 Å². The molecule has 0 atom stereocenters. The molecule has 0 radical (unpaired) electrons. The highest BCUT2D eigenvalue weighted by molar-refractivity contribution is 5.80. The molecule has 1 amide bonds. The number of phenols is 1. The number of nitrogens with one attached hydrogen (secondary N) is 1. The van der Waals surface area contributed by atoms with E-state index in [0.717, 1.165) is 24.8 Å². The quantitative estimate of drug-likeness (QED) is 0.775. The largest absolute Gasteiger partial charge is 0.508 e. The van der Waals surface area contributed by atoms with Crippen molar-refractivity contribution in [3.8, 4) is 5.75 Å². The van der Waals surface area contributed by atoms with Crippen molar-refractivity contribution >= 4 is 11.9 Å². The first kappa shape index (κ1) is 15.4. The van der Waals surface area contributed by atoms with E-state index in [0.29, 0.717) is 12.8 Å². The van der Waals surface area contributed by atoms with Gasteiger partial charge in [0.1, 0.15) is 5.75 Å². The summed E-state index contributed by atoms with van der Waals surface area (Å²) in [5.41, 5.74) is -0.0126. The molecule has 1 aliphatic carbocycles. The molecule has 3 N–H and O–H groups in total. The summed E-state index contributed by atoms with van der Waals surface area (Å²) in [6.07, 6.45) is 4.32. The fourth-order valence-corrected chi connectivity index (χ4v) is 2.82. The van der Waals surface area contributed by atoms with Crippen LogP contribution in [0.15, 0.2) is 24.3 Å². The second kappa shape index (κ2) is 6.61. The molecule has 0 unspecified atom stereocenters. The monoisotopic (exact) mass is 291 g/mol. The van der Waals surface area contributed by atoms with Gasteiger partial charge in [-0.05, 0) is 30.5 Å². The van der Waals surface area contributed by atoms with E-state index in [4.69, 9.17) is 0 Å². The zero-order valence-electron chi connectivity index (χ0n) is 12.0. The molecule has 114 valence electrons. The van der Waals surface area contributed by atoms with E-state index in [9.17, 15) is 19.8 Å². The Labute approximate surface area is 124 Å². The smallest absolute Gasteiger partial charge is 0.311 e. The fourth-order valence-electron chi connectivity index (χ4n) is 2.82. The van der Waals surface area contributed by atoms with Crippen molar-refractivity contribution in [2.24, 2.45) is 5.41 Å². The lowest BCUT2D eigenvalue weighted by Crippen LogP contribution is -2.44. The Balaban J connectivity index is 1.90. The molecule has 1 aromatic carbocycles. The number of carboxylic acids is 1. The molecule has 21 heavy (non-hydrogen) atoms. The van der Waals surface area contributed by atoms with Gasteiger partial charge in [-0.25, -0.2) is 0 Å². The minimum absolute atomic E-state index is 0.159. The number of carbonyl (C=O) groups excluding carboxylic acids is 1. The van der Waals surface area contributed by atoms with Crippen molar-refractivity contribution in [1.82, 2.24) is 5.32 Å². The summed E-state index contributed by atoms with van der Waals surface area (Å²) in [5, 5.41) is 21.4. The van der Waals surface area contributed by atoms with E-state index < -0.39 is 11.4 Å². The third kappa shape index (κ3) is 3.97. The van der Waals surface area contributed by atoms with Gasteiger partial charge in [0.2, 0.25) is 5.91 Å². The number of hydrogen-bond acceptors (Lipinski definition) is 3. The number of rotatable bonds is 5.